The van der Waals surface area contributed by atoms with Gasteiger partial charge in [-0.25, -0.2) is 0 Å². The third-order valence-corrected chi connectivity index (χ3v) is 3.59. The summed E-state index contributed by atoms with van der Waals surface area (Å²) in [6, 6.07) is 7.57. The van der Waals surface area contributed by atoms with Crippen LogP contribution in [-0.4, -0.2) is 38.6 Å². The molecule has 0 aliphatic heterocycles. The molecule has 0 aliphatic carbocycles. The van der Waals surface area contributed by atoms with Crippen LogP contribution in [0.3, 0.4) is 0 Å². The predicted molar refractivity (Wildman–Crippen MR) is 97.3 cm³/mol. The molecule has 27 heavy (non-hydrogen) atoms. The number of guanidine groups is 1. The lowest BCUT2D eigenvalue weighted by Gasteiger charge is -2.15. The molecular weight excluding hydrogens is 382 g/mol. The van der Waals surface area contributed by atoms with E-state index in [1.165, 1.54) is 24.5 Å². The van der Waals surface area contributed by atoms with Gasteiger partial charge in [0.2, 0.25) is 0 Å². The van der Waals surface area contributed by atoms with Crippen LogP contribution in [-0.2, 0) is 6.54 Å². The van der Waals surface area contributed by atoms with Crippen molar-refractivity contribution in [2.75, 3.05) is 20.1 Å². The topological polar surface area (TPSA) is 87.9 Å². The van der Waals surface area contributed by atoms with Gasteiger partial charge in [0, 0.05) is 37.3 Å². The highest BCUT2D eigenvalue weighted by atomic mass is 35.5. The number of furan rings is 1. The van der Waals surface area contributed by atoms with Crippen LogP contribution in [0.4, 0.5) is 8.78 Å². The standard InChI is InChI=1S/C17H19ClF2N4O3/c1-21-17(23-7-6-22-15(25)14-3-2-8-26-14)24-10-11-9-12(18)4-5-13(11)27-16(19)20/h2-5,8-9,16H,6-7,10H2,1H3,(H,22,25)(H2,21,23,24). The van der Waals surface area contributed by atoms with E-state index in [4.69, 9.17) is 16.0 Å². The number of halogens is 3. The first-order valence-corrected chi connectivity index (χ1v) is 8.37. The molecule has 1 aromatic carbocycles. The van der Waals surface area contributed by atoms with Crippen molar-refractivity contribution in [3.8, 4) is 5.75 Å². The molecule has 0 fully saturated rings. The van der Waals surface area contributed by atoms with E-state index in [1.54, 1.807) is 19.2 Å². The van der Waals surface area contributed by atoms with Crippen molar-refractivity contribution in [2.24, 2.45) is 4.99 Å². The summed E-state index contributed by atoms with van der Waals surface area (Å²) in [4.78, 5) is 15.7. The Balaban J connectivity index is 1.80. The van der Waals surface area contributed by atoms with Gasteiger partial charge in [0.25, 0.3) is 5.91 Å². The summed E-state index contributed by atoms with van der Waals surface area (Å²) in [5.74, 6) is 0.357. The van der Waals surface area contributed by atoms with Gasteiger partial charge in [-0.2, -0.15) is 8.78 Å². The number of benzene rings is 1. The minimum atomic E-state index is -2.93. The number of ether oxygens (including phenoxy) is 1. The van der Waals surface area contributed by atoms with Crippen LogP contribution in [0.1, 0.15) is 16.1 Å². The van der Waals surface area contributed by atoms with E-state index in [-0.39, 0.29) is 24.0 Å². The van der Waals surface area contributed by atoms with Crippen LogP contribution >= 0.6 is 11.6 Å². The molecule has 0 spiro atoms. The maximum atomic E-state index is 12.5. The third kappa shape index (κ3) is 6.78. The minimum absolute atomic E-state index is 0.0306. The number of nitrogens with one attached hydrogen (secondary N) is 3. The normalized spacial score (nSPS) is 11.4. The number of nitrogens with zero attached hydrogens (tertiary/aromatic N) is 1. The van der Waals surface area contributed by atoms with E-state index in [9.17, 15) is 13.6 Å². The average Bonchev–Trinajstić information content (AvgIpc) is 3.17. The fourth-order valence-corrected chi connectivity index (χ4v) is 2.34. The molecule has 0 aliphatic rings. The van der Waals surface area contributed by atoms with Crippen molar-refractivity contribution >= 4 is 23.5 Å². The number of rotatable bonds is 8. The lowest BCUT2D eigenvalue weighted by atomic mass is 10.2. The molecule has 0 radical (unpaired) electrons. The first kappa shape index (κ1) is 20.5. The summed E-state index contributed by atoms with van der Waals surface area (Å²) in [6.07, 6.45) is 1.42. The first-order valence-electron chi connectivity index (χ1n) is 7.99. The molecule has 0 atom stereocenters. The Bertz CT molecular complexity index is 770. The van der Waals surface area contributed by atoms with E-state index in [0.717, 1.165) is 0 Å². The highest BCUT2D eigenvalue weighted by Gasteiger charge is 2.11. The van der Waals surface area contributed by atoms with Gasteiger partial charge in [-0.3, -0.25) is 9.79 Å². The predicted octanol–water partition coefficient (Wildman–Crippen LogP) is 2.63. The fraction of sp³-hybridized carbons (Fsp3) is 0.294. The molecule has 0 saturated heterocycles. The third-order valence-electron chi connectivity index (χ3n) is 3.36. The van der Waals surface area contributed by atoms with Crippen LogP contribution < -0.4 is 20.7 Å². The van der Waals surface area contributed by atoms with Gasteiger partial charge in [0.15, 0.2) is 11.7 Å². The quantitative estimate of drug-likeness (QED) is 0.360. The molecule has 0 unspecified atom stereocenters. The van der Waals surface area contributed by atoms with E-state index in [1.807, 2.05) is 0 Å². The molecule has 7 nitrogen and oxygen atoms in total. The SMILES string of the molecule is CN=C(NCCNC(=O)c1ccco1)NCc1cc(Cl)ccc1OC(F)F. The number of alkyl halides is 2. The highest BCUT2D eigenvalue weighted by molar-refractivity contribution is 6.30. The van der Waals surface area contributed by atoms with Gasteiger partial charge in [0.05, 0.1) is 6.26 Å². The van der Waals surface area contributed by atoms with E-state index in [2.05, 4.69) is 25.7 Å². The average molecular weight is 401 g/mol. The van der Waals surface area contributed by atoms with E-state index < -0.39 is 6.61 Å². The smallest absolute Gasteiger partial charge is 0.387 e. The zero-order chi connectivity index (χ0) is 19.6. The Hall–Kier alpha value is -2.81. The Morgan fingerprint density at radius 2 is 2.04 bits per heavy atom. The van der Waals surface area contributed by atoms with Crippen molar-refractivity contribution in [3.63, 3.8) is 0 Å². The van der Waals surface area contributed by atoms with Gasteiger partial charge in [0.1, 0.15) is 5.75 Å². The zero-order valence-corrected chi connectivity index (χ0v) is 15.2. The maximum Gasteiger partial charge on any atom is 0.387 e. The van der Waals surface area contributed by atoms with Gasteiger partial charge >= 0.3 is 6.61 Å². The maximum absolute atomic E-state index is 12.5. The Kier molecular flexibility index (Phi) is 7.87. The van der Waals surface area contributed by atoms with Gasteiger partial charge in [-0.1, -0.05) is 11.6 Å². The number of carbonyl (C=O) groups excluding carboxylic acids is 1. The number of amides is 1. The molecule has 2 aromatic rings. The molecule has 0 bridgehead atoms. The Labute approximate surface area is 159 Å². The lowest BCUT2D eigenvalue weighted by molar-refractivity contribution is -0.0504. The molecule has 2 rings (SSSR count). The van der Waals surface area contributed by atoms with Gasteiger partial charge in [-0.05, 0) is 30.3 Å². The lowest BCUT2D eigenvalue weighted by Crippen LogP contribution is -2.41. The van der Waals surface area contributed by atoms with Crippen molar-refractivity contribution in [1.29, 1.82) is 0 Å². The van der Waals surface area contributed by atoms with Gasteiger partial charge in [-0.15, -0.1) is 0 Å². The number of hydrogen-bond donors (Lipinski definition) is 3. The van der Waals surface area contributed by atoms with Crippen LogP contribution in [0.25, 0.3) is 0 Å². The largest absolute Gasteiger partial charge is 0.459 e. The molecule has 3 N–H and O–H groups in total. The summed E-state index contributed by atoms with van der Waals surface area (Å²) in [6.45, 7) is -2.04. The second-order valence-electron chi connectivity index (χ2n) is 5.22. The van der Waals surface area contributed by atoms with Crippen molar-refractivity contribution in [1.82, 2.24) is 16.0 Å². The van der Waals surface area contributed by atoms with Crippen molar-refractivity contribution in [3.05, 3.63) is 52.9 Å². The van der Waals surface area contributed by atoms with Crippen LogP contribution in [0.5, 0.6) is 5.75 Å². The molecule has 146 valence electrons. The summed E-state index contributed by atoms with van der Waals surface area (Å²) in [5, 5.41) is 9.03. The summed E-state index contributed by atoms with van der Waals surface area (Å²) >= 11 is 5.91. The second kappa shape index (κ2) is 10.4. The molecule has 10 heteroatoms. The summed E-state index contributed by atoms with van der Waals surface area (Å²) < 4.78 is 34.4. The molecule has 1 amide bonds. The van der Waals surface area contributed by atoms with Crippen LogP contribution in [0.15, 0.2) is 46.0 Å². The second-order valence-corrected chi connectivity index (χ2v) is 5.65. The molecular formula is C17H19ClF2N4O3. The minimum Gasteiger partial charge on any atom is -0.459 e. The van der Waals surface area contributed by atoms with Gasteiger partial charge < -0.3 is 25.1 Å². The monoisotopic (exact) mass is 400 g/mol. The molecule has 0 saturated carbocycles. The summed E-state index contributed by atoms with van der Waals surface area (Å²) in [5.41, 5.74) is 0.455. The van der Waals surface area contributed by atoms with Crippen molar-refractivity contribution < 1.29 is 22.7 Å². The fourth-order valence-electron chi connectivity index (χ4n) is 2.15. The summed E-state index contributed by atoms with van der Waals surface area (Å²) in [7, 11) is 1.56. The zero-order valence-electron chi connectivity index (χ0n) is 14.5. The van der Waals surface area contributed by atoms with E-state index >= 15 is 0 Å². The van der Waals surface area contributed by atoms with Crippen LogP contribution in [0, 0.1) is 0 Å². The Morgan fingerprint density at radius 3 is 2.70 bits per heavy atom. The molecule has 1 heterocycles. The van der Waals surface area contributed by atoms with Crippen molar-refractivity contribution in [2.45, 2.75) is 13.2 Å². The number of hydrogen-bond acceptors (Lipinski definition) is 4. The number of carbonyl (C=O) groups is 1. The Morgan fingerprint density at radius 1 is 1.26 bits per heavy atom. The highest BCUT2D eigenvalue weighted by Crippen LogP contribution is 2.24. The number of aliphatic imine (C=N–C) groups is 1. The molecule has 1 aromatic heterocycles. The van der Waals surface area contributed by atoms with Crippen LogP contribution in [0.2, 0.25) is 5.02 Å². The van der Waals surface area contributed by atoms with E-state index in [0.29, 0.717) is 29.6 Å². The first-order chi connectivity index (χ1) is 13.0.